The van der Waals surface area contributed by atoms with Crippen LogP contribution in [0, 0.1) is 18.2 Å². The van der Waals surface area contributed by atoms with E-state index in [2.05, 4.69) is 28.1 Å². The number of aromatic nitrogens is 3. The first-order valence-corrected chi connectivity index (χ1v) is 13.9. The summed E-state index contributed by atoms with van der Waals surface area (Å²) in [5.74, 6) is 2.85. The van der Waals surface area contributed by atoms with Crippen LogP contribution < -0.4 is 15.0 Å². The van der Waals surface area contributed by atoms with Crippen molar-refractivity contribution in [3.63, 3.8) is 0 Å². The maximum absolute atomic E-state index is 14.7. The number of pyridine rings is 1. The molecule has 3 saturated heterocycles. The van der Waals surface area contributed by atoms with Gasteiger partial charge in [-0.25, -0.2) is 9.37 Å². The second-order valence-electron chi connectivity index (χ2n) is 11.2. The second kappa shape index (κ2) is 9.88. The Morgan fingerprint density at radius 2 is 1.93 bits per heavy atom. The molecule has 7 rings (SSSR count). The van der Waals surface area contributed by atoms with Crippen LogP contribution in [-0.4, -0.2) is 76.4 Å². The van der Waals surface area contributed by atoms with Crippen molar-refractivity contribution in [2.75, 3.05) is 38.2 Å². The molecule has 40 heavy (non-hydrogen) atoms. The summed E-state index contributed by atoms with van der Waals surface area (Å²) in [5.41, 5.74) is 1.69. The van der Waals surface area contributed by atoms with E-state index in [1.807, 2.05) is 12.1 Å². The van der Waals surface area contributed by atoms with Crippen molar-refractivity contribution in [3.8, 4) is 35.4 Å². The van der Waals surface area contributed by atoms with E-state index in [4.69, 9.17) is 26.1 Å². The fourth-order valence-corrected chi connectivity index (χ4v) is 6.53. The number of hydrogen-bond donors (Lipinski definition) is 2. The van der Waals surface area contributed by atoms with Crippen LogP contribution in [0.15, 0.2) is 36.4 Å². The summed E-state index contributed by atoms with van der Waals surface area (Å²) >= 11 is 0. The van der Waals surface area contributed by atoms with Crippen molar-refractivity contribution in [3.05, 3.63) is 47.8 Å². The molecule has 8 nitrogen and oxygen atoms in total. The summed E-state index contributed by atoms with van der Waals surface area (Å²) < 4.78 is 20.9. The monoisotopic (exact) mass is 538 g/mol. The van der Waals surface area contributed by atoms with Gasteiger partial charge in [0.2, 0.25) is 0 Å². The minimum Gasteiger partial charge on any atom is -0.508 e. The zero-order valence-electron chi connectivity index (χ0n) is 22.4. The lowest BCUT2D eigenvalue weighted by Gasteiger charge is -2.34. The van der Waals surface area contributed by atoms with E-state index in [1.165, 1.54) is 6.07 Å². The van der Waals surface area contributed by atoms with E-state index >= 15 is 0 Å². The van der Waals surface area contributed by atoms with Crippen LogP contribution in [0.5, 0.6) is 11.8 Å². The normalized spacial score (nSPS) is 22.7. The number of nitrogens with one attached hydrogen (secondary N) is 1. The van der Waals surface area contributed by atoms with Gasteiger partial charge in [0, 0.05) is 42.2 Å². The summed E-state index contributed by atoms with van der Waals surface area (Å²) in [4.78, 5) is 19.2. The molecular weight excluding hydrogens is 507 g/mol. The van der Waals surface area contributed by atoms with Gasteiger partial charge in [-0.2, -0.15) is 9.97 Å². The number of terminal acetylenes is 1. The Morgan fingerprint density at radius 3 is 2.67 bits per heavy atom. The van der Waals surface area contributed by atoms with Gasteiger partial charge in [-0.05, 0) is 75.0 Å². The first-order valence-electron chi connectivity index (χ1n) is 13.9. The SMILES string of the molecule is C#Cc1c(F)ccc2cc(O)cc(-c3ccc4c(N5CC6CCC(C5)N6)nc(OCC5CCCN5C)nc4n3)c12. The molecule has 2 N–H and O–H groups in total. The highest BCUT2D eigenvalue weighted by Gasteiger charge is 2.34. The quantitative estimate of drug-likeness (QED) is 0.368. The molecule has 3 atom stereocenters. The maximum atomic E-state index is 14.7. The van der Waals surface area contributed by atoms with E-state index in [0.29, 0.717) is 58.4 Å². The average Bonchev–Trinajstić information content (AvgIpc) is 3.53. The number of likely N-dealkylation sites (tertiary alicyclic amines) is 1. The molecule has 3 unspecified atom stereocenters. The van der Waals surface area contributed by atoms with Crippen LogP contribution in [0.1, 0.15) is 31.2 Å². The fraction of sp³-hybridized carbons (Fsp3) is 0.387. The van der Waals surface area contributed by atoms with Crippen molar-refractivity contribution in [2.24, 2.45) is 0 Å². The minimum absolute atomic E-state index is 0.0448. The first kappa shape index (κ1) is 25.0. The number of nitrogens with zero attached hydrogens (tertiary/aromatic N) is 5. The molecule has 2 aromatic heterocycles. The van der Waals surface area contributed by atoms with Crippen LogP contribution in [0.25, 0.3) is 33.1 Å². The molecule has 3 aliphatic rings. The molecule has 3 aliphatic heterocycles. The molecule has 0 spiro atoms. The van der Waals surface area contributed by atoms with Gasteiger partial charge in [-0.1, -0.05) is 12.0 Å². The number of rotatable bonds is 5. The zero-order valence-corrected chi connectivity index (χ0v) is 22.4. The summed E-state index contributed by atoms with van der Waals surface area (Å²) in [5, 5.41) is 16.2. The maximum Gasteiger partial charge on any atom is 0.320 e. The molecule has 2 bridgehead atoms. The Kier molecular flexibility index (Phi) is 6.17. The third kappa shape index (κ3) is 4.37. The van der Waals surface area contributed by atoms with Crippen LogP contribution in [-0.2, 0) is 0 Å². The van der Waals surface area contributed by atoms with Gasteiger partial charge in [-0.3, -0.25) is 0 Å². The molecule has 0 saturated carbocycles. The van der Waals surface area contributed by atoms with Crippen LogP contribution in [0.3, 0.4) is 0 Å². The van der Waals surface area contributed by atoms with E-state index < -0.39 is 5.82 Å². The van der Waals surface area contributed by atoms with Gasteiger partial charge in [0.1, 0.15) is 24.0 Å². The highest BCUT2D eigenvalue weighted by molar-refractivity contribution is 6.02. The Bertz CT molecular complexity index is 1660. The van der Waals surface area contributed by atoms with Crippen molar-refractivity contribution in [1.82, 2.24) is 25.2 Å². The van der Waals surface area contributed by atoms with Crippen molar-refractivity contribution < 1.29 is 14.2 Å². The summed E-state index contributed by atoms with van der Waals surface area (Å²) in [6, 6.07) is 11.4. The number of ether oxygens (including phenoxy) is 1. The zero-order chi connectivity index (χ0) is 27.4. The van der Waals surface area contributed by atoms with Crippen molar-refractivity contribution >= 4 is 27.6 Å². The lowest BCUT2D eigenvalue weighted by molar-refractivity contribution is 0.188. The summed E-state index contributed by atoms with van der Waals surface area (Å²) in [6.45, 7) is 3.29. The van der Waals surface area contributed by atoms with E-state index in [0.717, 1.165) is 56.5 Å². The topological polar surface area (TPSA) is 86.6 Å². The third-order valence-corrected chi connectivity index (χ3v) is 8.58. The number of piperazine rings is 1. The molecule has 4 aromatic rings. The van der Waals surface area contributed by atoms with Gasteiger partial charge >= 0.3 is 6.01 Å². The lowest BCUT2D eigenvalue weighted by atomic mass is 9.96. The number of halogens is 1. The predicted molar refractivity (Wildman–Crippen MR) is 153 cm³/mol. The van der Waals surface area contributed by atoms with Gasteiger partial charge in [0.25, 0.3) is 0 Å². The molecule has 3 fully saturated rings. The van der Waals surface area contributed by atoms with E-state index in [-0.39, 0.29) is 11.3 Å². The Balaban J connectivity index is 1.35. The van der Waals surface area contributed by atoms with Gasteiger partial charge in [-0.15, -0.1) is 6.42 Å². The highest BCUT2D eigenvalue weighted by atomic mass is 19.1. The van der Waals surface area contributed by atoms with Gasteiger partial charge in [0.05, 0.1) is 16.6 Å². The van der Waals surface area contributed by atoms with Crippen LogP contribution in [0.2, 0.25) is 0 Å². The largest absolute Gasteiger partial charge is 0.508 e. The number of fused-ring (bicyclic) bond motifs is 4. The minimum atomic E-state index is -0.492. The molecule has 9 heteroatoms. The Morgan fingerprint density at radius 1 is 1.10 bits per heavy atom. The number of likely N-dealkylation sites (N-methyl/N-ethyl adjacent to an activating group) is 1. The van der Waals surface area contributed by atoms with E-state index in [1.54, 1.807) is 18.2 Å². The fourth-order valence-electron chi connectivity index (χ4n) is 6.53. The second-order valence-corrected chi connectivity index (χ2v) is 11.2. The molecule has 204 valence electrons. The number of anilines is 1. The summed E-state index contributed by atoms with van der Waals surface area (Å²) in [6.07, 6.45) is 10.3. The highest BCUT2D eigenvalue weighted by Crippen LogP contribution is 2.37. The number of phenolic OH excluding ortho intramolecular Hbond substituents is 1. The summed E-state index contributed by atoms with van der Waals surface area (Å²) in [7, 11) is 2.12. The standard InChI is InChI=1S/C31H31FN6O2/c1-3-23-26(32)10-6-18-13-22(39)14-25(28(18)23)27-11-9-24-29(34-27)35-31(40-17-21-5-4-12-37(21)2)36-30(24)38-15-19-7-8-20(16-38)33-19/h1,6,9-11,13-14,19-21,33,39H,4-5,7-8,12,15-17H2,2H3. The molecular formula is C31H31FN6O2. The number of benzene rings is 2. The number of hydrogen-bond acceptors (Lipinski definition) is 8. The Labute approximate surface area is 232 Å². The molecule has 0 amide bonds. The molecule has 0 radical (unpaired) electrons. The van der Waals surface area contributed by atoms with Crippen LogP contribution >= 0.6 is 0 Å². The lowest BCUT2D eigenvalue weighted by Crippen LogP contribution is -2.51. The van der Waals surface area contributed by atoms with Gasteiger partial charge < -0.3 is 25.0 Å². The number of aromatic hydroxyl groups is 1. The first-order chi connectivity index (χ1) is 19.5. The van der Waals surface area contributed by atoms with Crippen molar-refractivity contribution in [2.45, 2.75) is 43.8 Å². The predicted octanol–water partition coefficient (Wildman–Crippen LogP) is 4.08. The van der Waals surface area contributed by atoms with E-state index in [9.17, 15) is 9.50 Å². The number of phenols is 1. The molecule has 0 aliphatic carbocycles. The van der Waals surface area contributed by atoms with Crippen LogP contribution in [0.4, 0.5) is 10.2 Å². The average molecular weight is 539 g/mol. The smallest absolute Gasteiger partial charge is 0.320 e. The molecule has 2 aromatic carbocycles. The molecule has 5 heterocycles. The van der Waals surface area contributed by atoms with Gasteiger partial charge in [0.15, 0.2) is 5.65 Å². The Hall–Kier alpha value is -4.00. The third-order valence-electron chi connectivity index (χ3n) is 8.58. The van der Waals surface area contributed by atoms with Crippen molar-refractivity contribution in [1.29, 1.82) is 0 Å².